The fraction of sp³-hybridized carbons (Fsp3) is 0.929. The Balaban J connectivity index is 3.06. The fourth-order valence-electron chi connectivity index (χ4n) is 1.63. The number of unbranched alkanes of at least 4 members (excludes halogenated alkanes) is 6. The first-order valence-electron chi connectivity index (χ1n) is 6.76. The van der Waals surface area contributed by atoms with Crippen LogP contribution >= 0.6 is 0 Å². The summed E-state index contributed by atoms with van der Waals surface area (Å²) in [4.78, 5) is 0. The SMILES string of the molecule is [CH2]C(CCCCCCCC)OCCCC. The molecule has 0 N–H and O–H groups in total. The van der Waals surface area contributed by atoms with Crippen molar-refractivity contribution in [3.05, 3.63) is 6.92 Å². The molecule has 0 saturated carbocycles. The Morgan fingerprint density at radius 2 is 1.47 bits per heavy atom. The average molecular weight is 213 g/mol. The lowest BCUT2D eigenvalue weighted by Gasteiger charge is -2.12. The van der Waals surface area contributed by atoms with E-state index in [-0.39, 0.29) is 6.10 Å². The molecule has 0 bridgehead atoms. The van der Waals surface area contributed by atoms with E-state index in [1.54, 1.807) is 0 Å². The van der Waals surface area contributed by atoms with Crippen molar-refractivity contribution < 1.29 is 4.74 Å². The van der Waals surface area contributed by atoms with E-state index in [0.29, 0.717) is 0 Å². The Bertz CT molecular complexity index is 112. The normalized spacial score (nSPS) is 13.0. The van der Waals surface area contributed by atoms with Crippen LogP contribution in [0.15, 0.2) is 0 Å². The van der Waals surface area contributed by atoms with Crippen molar-refractivity contribution in [2.75, 3.05) is 6.61 Å². The number of hydrogen-bond donors (Lipinski definition) is 0. The largest absolute Gasteiger partial charge is 0.378 e. The highest BCUT2D eigenvalue weighted by Gasteiger charge is 2.01. The molecule has 0 aromatic rings. The molecule has 0 aliphatic heterocycles. The van der Waals surface area contributed by atoms with Crippen LogP contribution in [0, 0.1) is 6.92 Å². The average Bonchev–Trinajstić information content (AvgIpc) is 2.23. The molecule has 1 atom stereocenters. The molecule has 0 rings (SSSR count). The minimum absolute atomic E-state index is 0.225. The summed E-state index contributed by atoms with van der Waals surface area (Å²) in [5.74, 6) is 0. The number of ether oxygens (including phenoxy) is 1. The highest BCUT2D eigenvalue weighted by Crippen LogP contribution is 2.10. The summed E-state index contributed by atoms with van der Waals surface area (Å²) in [7, 11) is 0. The molecular formula is C14H29O. The Labute approximate surface area is 96.6 Å². The zero-order chi connectivity index (χ0) is 11.4. The summed E-state index contributed by atoms with van der Waals surface area (Å²) < 4.78 is 5.60. The van der Waals surface area contributed by atoms with E-state index in [9.17, 15) is 0 Å². The second-order valence-corrected chi connectivity index (χ2v) is 4.40. The molecule has 1 heteroatoms. The van der Waals surface area contributed by atoms with Gasteiger partial charge >= 0.3 is 0 Å². The van der Waals surface area contributed by atoms with E-state index in [2.05, 4.69) is 20.8 Å². The van der Waals surface area contributed by atoms with E-state index in [1.165, 1.54) is 51.4 Å². The van der Waals surface area contributed by atoms with Crippen molar-refractivity contribution in [2.45, 2.75) is 77.7 Å². The smallest absolute Gasteiger partial charge is 0.0576 e. The highest BCUT2D eigenvalue weighted by atomic mass is 16.5. The van der Waals surface area contributed by atoms with Gasteiger partial charge in [0.1, 0.15) is 0 Å². The topological polar surface area (TPSA) is 9.23 Å². The molecule has 0 aliphatic rings. The minimum Gasteiger partial charge on any atom is -0.378 e. The van der Waals surface area contributed by atoms with Gasteiger partial charge in [-0.05, 0) is 19.8 Å². The van der Waals surface area contributed by atoms with Crippen LogP contribution in [-0.4, -0.2) is 12.7 Å². The summed E-state index contributed by atoms with van der Waals surface area (Å²) in [6, 6.07) is 0. The maximum absolute atomic E-state index is 5.60. The first kappa shape index (κ1) is 15.0. The molecule has 0 amide bonds. The van der Waals surface area contributed by atoms with Crippen LogP contribution < -0.4 is 0 Å². The molecule has 0 heterocycles. The lowest BCUT2D eigenvalue weighted by Crippen LogP contribution is -2.09. The third kappa shape index (κ3) is 11.9. The first-order valence-corrected chi connectivity index (χ1v) is 6.76. The monoisotopic (exact) mass is 213 g/mol. The molecule has 0 aliphatic carbocycles. The first-order chi connectivity index (χ1) is 7.31. The van der Waals surface area contributed by atoms with Crippen molar-refractivity contribution in [2.24, 2.45) is 0 Å². The Morgan fingerprint density at radius 3 is 2.13 bits per heavy atom. The summed E-state index contributed by atoms with van der Waals surface area (Å²) in [5.41, 5.74) is 0. The minimum atomic E-state index is 0.225. The Kier molecular flexibility index (Phi) is 12.0. The molecule has 0 aromatic heterocycles. The predicted octanol–water partition coefficient (Wildman–Crippen LogP) is 4.76. The van der Waals surface area contributed by atoms with Crippen LogP contribution in [-0.2, 0) is 4.74 Å². The van der Waals surface area contributed by atoms with Gasteiger partial charge in [-0.25, -0.2) is 0 Å². The summed E-state index contributed by atoms with van der Waals surface area (Å²) in [6.45, 7) is 9.36. The highest BCUT2D eigenvalue weighted by molar-refractivity contribution is 4.60. The third-order valence-electron chi connectivity index (χ3n) is 2.73. The van der Waals surface area contributed by atoms with Crippen molar-refractivity contribution in [1.29, 1.82) is 0 Å². The fourth-order valence-corrected chi connectivity index (χ4v) is 1.63. The standard InChI is InChI=1S/C14H29O/c1-4-6-8-9-10-11-12-14(3)15-13-7-5-2/h14H,3-13H2,1-2H3. The maximum Gasteiger partial charge on any atom is 0.0576 e. The van der Waals surface area contributed by atoms with Gasteiger partial charge in [-0.15, -0.1) is 0 Å². The Hall–Kier alpha value is -0.0400. The van der Waals surface area contributed by atoms with Gasteiger partial charge in [0.2, 0.25) is 0 Å². The number of hydrogen-bond acceptors (Lipinski definition) is 1. The van der Waals surface area contributed by atoms with Crippen molar-refractivity contribution in [3.8, 4) is 0 Å². The van der Waals surface area contributed by atoms with Gasteiger partial charge < -0.3 is 4.74 Å². The van der Waals surface area contributed by atoms with Gasteiger partial charge in [0.25, 0.3) is 0 Å². The second kappa shape index (κ2) is 12.0. The van der Waals surface area contributed by atoms with Gasteiger partial charge in [-0.3, -0.25) is 0 Å². The second-order valence-electron chi connectivity index (χ2n) is 4.40. The van der Waals surface area contributed by atoms with Gasteiger partial charge in [-0.2, -0.15) is 0 Å². The van der Waals surface area contributed by atoms with E-state index in [1.807, 2.05) is 0 Å². The maximum atomic E-state index is 5.60. The third-order valence-corrected chi connectivity index (χ3v) is 2.73. The van der Waals surface area contributed by atoms with Crippen molar-refractivity contribution in [3.63, 3.8) is 0 Å². The molecule has 1 nitrogen and oxygen atoms in total. The van der Waals surface area contributed by atoms with Crippen LogP contribution in [0.25, 0.3) is 0 Å². The Morgan fingerprint density at radius 1 is 0.867 bits per heavy atom. The summed E-state index contributed by atoms with van der Waals surface area (Å²) in [6.07, 6.45) is 11.9. The van der Waals surface area contributed by atoms with Crippen LogP contribution in [0.4, 0.5) is 0 Å². The zero-order valence-electron chi connectivity index (χ0n) is 10.8. The van der Waals surface area contributed by atoms with Crippen LogP contribution in [0.3, 0.4) is 0 Å². The van der Waals surface area contributed by atoms with Crippen molar-refractivity contribution in [1.82, 2.24) is 0 Å². The van der Waals surface area contributed by atoms with E-state index in [0.717, 1.165) is 13.0 Å². The van der Waals surface area contributed by atoms with Crippen LogP contribution in [0.1, 0.15) is 71.6 Å². The van der Waals surface area contributed by atoms with Crippen LogP contribution in [0.2, 0.25) is 0 Å². The van der Waals surface area contributed by atoms with Gasteiger partial charge in [0, 0.05) is 6.61 Å². The molecule has 0 spiro atoms. The molecule has 91 valence electrons. The molecule has 0 fully saturated rings. The van der Waals surface area contributed by atoms with E-state index < -0.39 is 0 Å². The zero-order valence-corrected chi connectivity index (χ0v) is 10.8. The van der Waals surface area contributed by atoms with Crippen LogP contribution in [0.5, 0.6) is 0 Å². The molecule has 0 saturated heterocycles. The van der Waals surface area contributed by atoms with Crippen molar-refractivity contribution >= 4 is 0 Å². The molecule has 1 radical (unpaired) electrons. The van der Waals surface area contributed by atoms with Gasteiger partial charge in [0.05, 0.1) is 6.10 Å². The summed E-state index contributed by atoms with van der Waals surface area (Å²) in [5, 5.41) is 0. The molecule has 1 unspecified atom stereocenters. The summed E-state index contributed by atoms with van der Waals surface area (Å²) >= 11 is 0. The molecular weight excluding hydrogens is 184 g/mol. The van der Waals surface area contributed by atoms with E-state index >= 15 is 0 Å². The lowest BCUT2D eigenvalue weighted by molar-refractivity contribution is 0.0736. The lowest BCUT2D eigenvalue weighted by atomic mass is 10.1. The quantitative estimate of drug-likeness (QED) is 0.450. The van der Waals surface area contributed by atoms with Gasteiger partial charge in [0.15, 0.2) is 0 Å². The number of rotatable bonds is 11. The predicted molar refractivity (Wildman–Crippen MR) is 68.0 cm³/mol. The van der Waals surface area contributed by atoms with Gasteiger partial charge in [-0.1, -0.05) is 58.8 Å². The van der Waals surface area contributed by atoms with E-state index in [4.69, 9.17) is 4.74 Å². The molecule has 0 aromatic carbocycles. The molecule has 15 heavy (non-hydrogen) atoms.